The third kappa shape index (κ3) is 2.83. The quantitative estimate of drug-likeness (QED) is 0.481. The highest BCUT2D eigenvalue weighted by atomic mass is 35.5. The molecule has 0 N–H and O–H groups in total. The maximum Gasteiger partial charge on any atom is 0.344 e. The number of rotatable bonds is 3. The Hall–Kier alpha value is -1.86. The van der Waals surface area contributed by atoms with Crippen LogP contribution in [0.25, 0.3) is 0 Å². The van der Waals surface area contributed by atoms with Gasteiger partial charge in [-0.2, -0.15) is 0 Å². The third-order valence-electron chi connectivity index (χ3n) is 3.02. The summed E-state index contributed by atoms with van der Waals surface area (Å²) < 4.78 is 9.82. The van der Waals surface area contributed by atoms with Gasteiger partial charge in [-0.15, -0.1) is 0 Å². The Morgan fingerprint density at radius 2 is 2.10 bits per heavy atom. The highest BCUT2D eigenvalue weighted by Gasteiger charge is 2.26. The Morgan fingerprint density at radius 3 is 2.65 bits per heavy atom. The van der Waals surface area contributed by atoms with Gasteiger partial charge < -0.3 is 14.4 Å². The zero-order valence-corrected chi connectivity index (χ0v) is 11.6. The lowest BCUT2D eigenvalue weighted by atomic mass is 10.1. The molecule has 0 unspecified atom stereocenters. The summed E-state index contributed by atoms with van der Waals surface area (Å²) in [6, 6.07) is 2.58. The van der Waals surface area contributed by atoms with Gasteiger partial charge in [0.05, 0.1) is 36.0 Å². The lowest BCUT2D eigenvalue weighted by Gasteiger charge is -2.29. The van der Waals surface area contributed by atoms with Crippen LogP contribution in [0.15, 0.2) is 12.1 Å². The smallest absolute Gasteiger partial charge is 0.344 e. The van der Waals surface area contributed by atoms with Gasteiger partial charge in [-0.1, -0.05) is 11.6 Å². The minimum absolute atomic E-state index is 0.108. The molecule has 1 fully saturated rings. The summed E-state index contributed by atoms with van der Waals surface area (Å²) in [5.41, 5.74) is 0.100. The van der Waals surface area contributed by atoms with E-state index in [1.54, 1.807) is 0 Å². The van der Waals surface area contributed by atoms with Crippen LogP contribution in [0.4, 0.5) is 11.4 Å². The van der Waals surface area contributed by atoms with E-state index in [-0.39, 0.29) is 16.3 Å². The fourth-order valence-corrected chi connectivity index (χ4v) is 2.30. The normalized spacial score (nSPS) is 15.0. The van der Waals surface area contributed by atoms with E-state index in [1.807, 2.05) is 4.90 Å². The van der Waals surface area contributed by atoms with Crippen molar-refractivity contribution in [1.29, 1.82) is 0 Å². The van der Waals surface area contributed by atoms with E-state index < -0.39 is 10.9 Å². The van der Waals surface area contributed by atoms with Crippen LogP contribution in [0.3, 0.4) is 0 Å². The van der Waals surface area contributed by atoms with Crippen molar-refractivity contribution in [2.24, 2.45) is 0 Å². The predicted octanol–water partition coefficient (Wildman–Crippen LogP) is 1.87. The molecule has 0 radical (unpaired) electrons. The first-order valence-corrected chi connectivity index (χ1v) is 6.31. The van der Waals surface area contributed by atoms with Crippen LogP contribution < -0.4 is 4.90 Å². The molecule has 20 heavy (non-hydrogen) atoms. The standard InChI is InChI=1S/C12H13ClN2O5/c1-19-12(16)8-6-11(14-2-4-20-5-3-14)9(13)7-10(8)15(17)18/h6-7H,2-5H2,1H3. The summed E-state index contributed by atoms with van der Waals surface area (Å²) in [6.45, 7) is 2.30. The highest BCUT2D eigenvalue weighted by molar-refractivity contribution is 6.33. The van der Waals surface area contributed by atoms with Crippen molar-refractivity contribution < 1.29 is 19.2 Å². The predicted molar refractivity (Wildman–Crippen MR) is 72.5 cm³/mol. The third-order valence-corrected chi connectivity index (χ3v) is 3.32. The molecule has 7 nitrogen and oxygen atoms in total. The van der Waals surface area contributed by atoms with Crippen molar-refractivity contribution in [1.82, 2.24) is 0 Å². The number of anilines is 1. The van der Waals surface area contributed by atoms with Gasteiger partial charge in [-0.05, 0) is 6.07 Å². The molecule has 2 rings (SSSR count). The van der Waals surface area contributed by atoms with Crippen molar-refractivity contribution in [3.63, 3.8) is 0 Å². The number of hydrogen-bond acceptors (Lipinski definition) is 6. The van der Waals surface area contributed by atoms with E-state index in [0.29, 0.717) is 32.0 Å². The second kappa shape index (κ2) is 6.06. The number of methoxy groups -OCH3 is 1. The topological polar surface area (TPSA) is 81.9 Å². The number of benzene rings is 1. The Morgan fingerprint density at radius 1 is 1.45 bits per heavy atom. The summed E-state index contributed by atoms with van der Waals surface area (Å²) in [4.78, 5) is 23.9. The molecule has 0 amide bonds. The fourth-order valence-electron chi connectivity index (χ4n) is 2.02. The second-order valence-electron chi connectivity index (χ2n) is 4.17. The number of carbonyl (C=O) groups is 1. The fraction of sp³-hybridized carbons (Fsp3) is 0.417. The summed E-state index contributed by atoms with van der Waals surface area (Å²) in [6.07, 6.45) is 0. The number of nitro benzene ring substituents is 1. The molecular formula is C12H13ClN2O5. The number of morpholine rings is 1. The minimum Gasteiger partial charge on any atom is -0.465 e. The maximum absolute atomic E-state index is 11.7. The molecule has 1 heterocycles. The van der Waals surface area contributed by atoms with E-state index >= 15 is 0 Å². The molecule has 0 aromatic heterocycles. The van der Waals surface area contributed by atoms with E-state index in [0.717, 1.165) is 0 Å². The van der Waals surface area contributed by atoms with E-state index in [2.05, 4.69) is 4.74 Å². The molecule has 0 atom stereocenters. The largest absolute Gasteiger partial charge is 0.465 e. The molecule has 1 aliphatic heterocycles. The van der Waals surface area contributed by atoms with Crippen LogP contribution in [0.5, 0.6) is 0 Å². The second-order valence-corrected chi connectivity index (χ2v) is 4.58. The van der Waals surface area contributed by atoms with Crippen LogP contribution in [0.1, 0.15) is 10.4 Å². The number of carbonyl (C=O) groups excluding carboxylic acids is 1. The Labute approximate surface area is 120 Å². The van der Waals surface area contributed by atoms with Gasteiger partial charge >= 0.3 is 5.97 Å². The lowest BCUT2D eigenvalue weighted by molar-refractivity contribution is -0.385. The average molecular weight is 301 g/mol. The van der Waals surface area contributed by atoms with Crippen LogP contribution in [0, 0.1) is 10.1 Å². The van der Waals surface area contributed by atoms with Crippen molar-refractivity contribution >= 4 is 28.9 Å². The monoisotopic (exact) mass is 300 g/mol. The number of ether oxygens (including phenoxy) is 2. The van der Waals surface area contributed by atoms with Gasteiger partial charge in [0.25, 0.3) is 5.69 Å². The van der Waals surface area contributed by atoms with E-state index in [9.17, 15) is 14.9 Å². The van der Waals surface area contributed by atoms with Crippen LogP contribution in [0.2, 0.25) is 5.02 Å². The van der Waals surface area contributed by atoms with Gasteiger partial charge in [0.15, 0.2) is 0 Å². The van der Waals surface area contributed by atoms with Crippen molar-refractivity contribution in [2.75, 3.05) is 38.3 Å². The maximum atomic E-state index is 11.7. The molecule has 108 valence electrons. The number of nitro groups is 1. The summed E-state index contributed by atoms with van der Waals surface area (Å²) in [5.74, 6) is -0.761. The molecule has 1 saturated heterocycles. The molecule has 8 heteroatoms. The molecular weight excluding hydrogens is 288 g/mol. The van der Waals surface area contributed by atoms with Crippen molar-refractivity contribution in [2.45, 2.75) is 0 Å². The number of halogens is 1. The first-order valence-electron chi connectivity index (χ1n) is 5.93. The molecule has 0 aliphatic carbocycles. The molecule has 0 bridgehead atoms. The number of esters is 1. The van der Waals surface area contributed by atoms with Gasteiger partial charge in [0, 0.05) is 19.2 Å². The van der Waals surface area contributed by atoms with Crippen molar-refractivity contribution in [3.8, 4) is 0 Å². The molecule has 0 spiro atoms. The molecule has 0 saturated carbocycles. The summed E-state index contributed by atoms with van der Waals surface area (Å²) in [7, 11) is 1.18. The van der Waals surface area contributed by atoms with Gasteiger partial charge in [0.2, 0.25) is 0 Å². The van der Waals surface area contributed by atoms with E-state index in [1.165, 1.54) is 19.2 Å². The number of nitrogens with zero attached hydrogens (tertiary/aromatic N) is 2. The van der Waals surface area contributed by atoms with E-state index in [4.69, 9.17) is 16.3 Å². The van der Waals surface area contributed by atoms with Gasteiger partial charge in [0.1, 0.15) is 5.56 Å². The molecule has 1 aliphatic rings. The van der Waals surface area contributed by atoms with Crippen molar-refractivity contribution in [3.05, 3.63) is 32.8 Å². The van der Waals surface area contributed by atoms with Gasteiger partial charge in [-0.25, -0.2) is 4.79 Å². The lowest BCUT2D eigenvalue weighted by Crippen LogP contribution is -2.36. The summed E-state index contributed by atoms with van der Waals surface area (Å²) in [5, 5.41) is 11.2. The van der Waals surface area contributed by atoms with Crippen LogP contribution in [-0.4, -0.2) is 44.3 Å². The summed E-state index contributed by atoms with van der Waals surface area (Å²) >= 11 is 6.09. The average Bonchev–Trinajstić information content (AvgIpc) is 2.47. The highest BCUT2D eigenvalue weighted by Crippen LogP contribution is 2.34. The van der Waals surface area contributed by atoms with Crippen LogP contribution >= 0.6 is 11.6 Å². The zero-order chi connectivity index (χ0) is 14.7. The van der Waals surface area contributed by atoms with Gasteiger partial charge in [-0.3, -0.25) is 10.1 Å². The molecule has 1 aromatic rings. The minimum atomic E-state index is -0.761. The SMILES string of the molecule is COC(=O)c1cc(N2CCOCC2)c(Cl)cc1[N+](=O)[O-]. The zero-order valence-electron chi connectivity index (χ0n) is 10.8. The Kier molecular flexibility index (Phi) is 4.41. The first-order chi connectivity index (χ1) is 9.54. The first kappa shape index (κ1) is 14.5. The molecule has 1 aromatic carbocycles. The Balaban J connectivity index is 2.48. The Bertz CT molecular complexity index is 543. The number of hydrogen-bond donors (Lipinski definition) is 0. The van der Waals surface area contributed by atoms with Crippen LogP contribution in [-0.2, 0) is 9.47 Å².